The summed E-state index contributed by atoms with van der Waals surface area (Å²) in [6, 6.07) is 0.621. The van der Waals surface area contributed by atoms with Gasteiger partial charge in [-0.2, -0.15) is 0 Å². The minimum absolute atomic E-state index is 0.0503. The Morgan fingerprint density at radius 2 is 1.95 bits per heavy atom. The van der Waals surface area contributed by atoms with Crippen LogP contribution in [0.2, 0.25) is 0 Å². The van der Waals surface area contributed by atoms with Crippen molar-refractivity contribution in [2.24, 2.45) is 0 Å². The summed E-state index contributed by atoms with van der Waals surface area (Å²) in [5.41, 5.74) is -0.929. The van der Waals surface area contributed by atoms with Gasteiger partial charge in [-0.25, -0.2) is 22.0 Å². The van der Waals surface area contributed by atoms with Gasteiger partial charge in [0.25, 0.3) is 0 Å². The highest BCUT2D eigenvalue weighted by Gasteiger charge is 2.18. The molecule has 8 heteroatoms. The predicted octanol–water partition coefficient (Wildman–Crippen LogP) is 1.90. The van der Waals surface area contributed by atoms with Crippen LogP contribution in [0.3, 0.4) is 0 Å². The maximum Gasteiger partial charge on any atom is 0.338 e. The van der Waals surface area contributed by atoms with Gasteiger partial charge >= 0.3 is 5.97 Å². The molecule has 0 aliphatic heterocycles. The Labute approximate surface area is 115 Å². The van der Waals surface area contributed by atoms with E-state index >= 15 is 0 Å². The molecule has 0 aliphatic rings. The number of hydrogen-bond donors (Lipinski definition) is 2. The molecular weight excluding hydrogens is 292 g/mol. The Balaban J connectivity index is 2.98. The largest absolute Gasteiger partial charge is 0.478 e. The molecule has 0 amide bonds. The third-order valence-corrected chi connectivity index (χ3v) is 4.52. The number of nitrogens with one attached hydrogen (secondary N) is 1. The van der Waals surface area contributed by atoms with Gasteiger partial charge < -0.3 is 10.4 Å². The van der Waals surface area contributed by atoms with Crippen molar-refractivity contribution in [2.75, 3.05) is 16.8 Å². The zero-order valence-electron chi connectivity index (χ0n) is 11.0. The molecule has 1 aromatic rings. The van der Waals surface area contributed by atoms with Crippen molar-refractivity contribution in [1.82, 2.24) is 0 Å². The number of carboxylic acids is 1. The normalized spacial score (nSPS) is 13.0. The van der Waals surface area contributed by atoms with Crippen LogP contribution in [0.15, 0.2) is 12.1 Å². The molecule has 0 aliphatic carbocycles. The van der Waals surface area contributed by atoms with Gasteiger partial charge in [0.15, 0.2) is 9.84 Å². The van der Waals surface area contributed by atoms with Crippen LogP contribution >= 0.6 is 0 Å². The average molecular weight is 307 g/mol. The molecule has 1 rings (SSSR count). The highest BCUT2D eigenvalue weighted by molar-refractivity contribution is 7.91. The van der Waals surface area contributed by atoms with E-state index in [1.165, 1.54) is 13.8 Å². The number of carboxylic acid groups (broad SMARTS) is 1. The predicted molar refractivity (Wildman–Crippen MR) is 70.7 cm³/mol. The van der Waals surface area contributed by atoms with Crippen molar-refractivity contribution in [3.63, 3.8) is 0 Å². The molecule has 0 bridgehead atoms. The molecule has 0 heterocycles. The molecule has 0 radical (unpaired) electrons. The van der Waals surface area contributed by atoms with Gasteiger partial charge in [0, 0.05) is 17.9 Å². The summed E-state index contributed by atoms with van der Waals surface area (Å²) in [4.78, 5) is 10.8. The number of benzene rings is 1. The molecular formula is C12H15F2NO4S. The van der Waals surface area contributed by atoms with Crippen molar-refractivity contribution < 1.29 is 27.1 Å². The van der Waals surface area contributed by atoms with Crippen LogP contribution in [0.25, 0.3) is 0 Å². The van der Waals surface area contributed by atoms with Crippen LogP contribution in [-0.4, -0.2) is 37.0 Å². The van der Waals surface area contributed by atoms with Gasteiger partial charge in [-0.15, -0.1) is 0 Å². The summed E-state index contributed by atoms with van der Waals surface area (Å²) in [5.74, 6) is -3.98. The minimum atomic E-state index is -3.26. The number of hydrogen-bond acceptors (Lipinski definition) is 4. The van der Waals surface area contributed by atoms with Crippen molar-refractivity contribution in [3.05, 3.63) is 29.3 Å². The number of carbonyl (C=O) groups is 1. The minimum Gasteiger partial charge on any atom is -0.478 e. The Bertz CT molecular complexity index is 616. The number of anilines is 1. The molecule has 5 nitrogen and oxygen atoms in total. The summed E-state index contributed by atoms with van der Waals surface area (Å²) >= 11 is 0. The summed E-state index contributed by atoms with van der Waals surface area (Å²) in [6.45, 7) is 3.00. The standard InChI is InChI=1S/C12H15F2NO4S/c1-3-20(18,19)6-7(2)15-11-4-8(12(16)17)9(13)5-10(11)14/h4-5,7,15H,3,6H2,1-2H3,(H,16,17). The second kappa shape index (κ2) is 6.17. The van der Waals surface area contributed by atoms with E-state index in [1.54, 1.807) is 0 Å². The van der Waals surface area contributed by atoms with Crippen LogP contribution in [0.5, 0.6) is 0 Å². The third-order valence-electron chi connectivity index (χ3n) is 2.63. The molecule has 0 aromatic heterocycles. The van der Waals surface area contributed by atoms with E-state index in [0.29, 0.717) is 6.07 Å². The molecule has 1 aromatic carbocycles. The zero-order chi connectivity index (χ0) is 15.5. The summed E-state index contributed by atoms with van der Waals surface area (Å²) in [5, 5.41) is 11.3. The van der Waals surface area contributed by atoms with Crippen LogP contribution in [0, 0.1) is 11.6 Å². The van der Waals surface area contributed by atoms with E-state index in [4.69, 9.17) is 5.11 Å². The Kier molecular flexibility index (Phi) is 5.04. The molecule has 0 spiro atoms. The van der Waals surface area contributed by atoms with Crippen molar-refractivity contribution in [3.8, 4) is 0 Å². The first-order valence-corrected chi connectivity index (χ1v) is 7.67. The van der Waals surface area contributed by atoms with Gasteiger partial charge in [0.1, 0.15) is 11.6 Å². The Morgan fingerprint density at radius 1 is 1.35 bits per heavy atom. The fourth-order valence-electron chi connectivity index (χ4n) is 1.63. The van der Waals surface area contributed by atoms with Gasteiger partial charge in [-0.05, 0) is 13.0 Å². The average Bonchev–Trinajstić information content (AvgIpc) is 2.31. The van der Waals surface area contributed by atoms with E-state index in [0.717, 1.165) is 6.07 Å². The second-order valence-corrected chi connectivity index (χ2v) is 6.76. The molecule has 0 saturated carbocycles. The molecule has 1 unspecified atom stereocenters. The van der Waals surface area contributed by atoms with E-state index < -0.39 is 39.0 Å². The molecule has 2 N–H and O–H groups in total. The highest BCUT2D eigenvalue weighted by Crippen LogP contribution is 2.20. The maximum absolute atomic E-state index is 13.5. The summed E-state index contributed by atoms with van der Waals surface area (Å²) in [6.07, 6.45) is 0. The van der Waals surface area contributed by atoms with Gasteiger partial charge in [0.05, 0.1) is 17.0 Å². The Hall–Kier alpha value is -1.70. The lowest BCUT2D eigenvalue weighted by Crippen LogP contribution is -2.27. The van der Waals surface area contributed by atoms with E-state index in [2.05, 4.69) is 5.32 Å². The van der Waals surface area contributed by atoms with Crippen molar-refractivity contribution in [2.45, 2.75) is 19.9 Å². The summed E-state index contributed by atoms with van der Waals surface area (Å²) < 4.78 is 49.6. The topological polar surface area (TPSA) is 83.5 Å². The number of halogens is 2. The number of rotatable bonds is 6. The first-order valence-electron chi connectivity index (χ1n) is 5.85. The lowest BCUT2D eigenvalue weighted by Gasteiger charge is -2.16. The lowest BCUT2D eigenvalue weighted by atomic mass is 10.1. The Morgan fingerprint density at radius 3 is 2.45 bits per heavy atom. The number of sulfone groups is 1. The molecule has 20 heavy (non-hydrogen) atoms. The van der Waals surface area contributed by atoms with Crippen LogP contribution in [0.4, 0.5) is 14.5 Å². The van der Waals surface area contributed by atoms with Crippen molar-refractivity contribution >= 4 is 21.5 Å². The second-order valence-electron chi connectivity index (χ2n) is 4.36. The van der Waals surface area contributed by atoms with E-state index in [1.807, 2.05) is 0 Å². The first-order chi connectivity index (χ1) is 9.16. The SMILES string of the molecule is CCS(=O)(=O)CC(C)Nc1cc(C(=O)O)c(F)cc1F. The van der Waals surface area contributed by atoms with Gasteiger partial charge in [-0.3, -0.25) is 0 Å². The van der Waals surface area contributed by atoms with E-state index in [-0.39, 0.29) is 17.2 Å². The van der Waals surface area contributed by atoms with Gasteiger partial charge in [-0.1, -0.05) is 6.92 Å². The summed E-state index contributed by atoms with van der Waals surface area (Å²) in [7, 11) is -3.26. The van der Waals surface area contributed by atoms with Crippen LogP contribution in [0.1, 0.15) is 24.2 Å². The molecule has 0 saturated heterocycles. The smallest absolute Gasteiger partial charge is 0.338 e. The highest BCUT2D eigenvalue weighted by atomic mass is 32.2. The third kappa shape index (κ3) is 4.16. The molecule has 1 atom stereocenters. The maximum atomic E-state index is 13.5. The van der Waals surface area contributed by atoms with Crippen LogP contribution in [-0.2, 0) is 9.84 Å². The van der Waals surface area contributed by atoms with Gasteiger partial charge in [0.2, 0.25) is 0 Å². The monoisotopic (exact) mass is 307 g/mol. The van der Waals surface area contributed by atoms with E-state index in [9.17, 15) is 22.0 Å². The molecule has 112 valence electrons. The van der Waals surface area contributed by atoms with Crippen molar-refractivity contribution in [1.29, 1.82) is 0 Å². The zero-order valence-corrected chi connectivity index (χ0v) is 11.8. The fourth-order valence-corrected chi connectivity index (χ4v) is 2.71. The first kappa shape index (κ1) is 16.4. The molecule has 0 fully saturated rings. The fraction of sp³-hybridized carbons (Fsp3) is 0.417. The number of aromatic carboxylic acids is 1. The quantitative estimate of drug-likeness (QED) is 0.838. The lowest BCUT2D eigenvalue weighted by molar-refractivity contribution is 0.0692. The van der Waals surface area contributed by atoms with Crippen LogP contribution < -0.4 is 5.32 Å².